The average molecular weight is 283 g/mol. The molecular weight excluding hydrogens is 262 g/mol. The molecule has 20 heavy (non-hydrogen) atoms. The molecule has 7 heteroatoms. The standard InChI is InChI=1S/C10H12N2O4.C3H9N/c1-2-7-11-10(13)16-9-5-3-8(4-6-9)12(14)15;1-2-3-4/h3-6H,2,7H2,1H3,(H,11,13);2-4H2,1H3. The fraction of sp³-hybridized carbons (Fsp3) is 0.462. The smallest absolute Gasteiger partial charge is 0.410 e. The monoisotopic (exact) mass is 283 g/mol. The normalized spacial score (nSPS) is 9.15. The van der Waals surface area contributed by atoms with Gasteiger partial charge < -0.3 is 15.8 Å². The summed E-state index contributed by atoms with van der Waals surface area (Å²) in [6, 6.07) is 5.32. The van der Waals surface area contributed by atoms with Crippen molar-refractivity contribution in [3.63, 3.8) is 0 Å². The summed E-state index contributed by atoms with van der Waals surface area (Å²) in [6.45, 7) is 5.33. The van der Waals surface area contributed by atoms with Crippen LogP contribution < -0.4 is 15.8 Å². The molecule has 0 aromatic heterocycles. The zero-order valence-corrected chi connectivity index (χ0v) is 11.8. The number of rotatable bonds is 5. The van der Waals surface area contributed by atoms with Gasteiger partial charge in [0.15, 0.2) is 0 Å². The van der Waals surface area contributed by atoms with Crippen molar-refractivity contribution < 1.29 is 14.5 Å². The van der Waals surface area contributed by atoms with E-state index < -0.39 is 11.0 Å². The van der Waals surface area contributed by atoms with Crippen LogP contribution >= 0.6 is 0 Å². The van der Waals surface area contributed by atoms with Crippen molar-refractivity contribution in [1.82, 2.24) is 5.32 Å². The number of non-ortho nitro benzene ring substituents is 1. The molecule has 0 atom stereocenters. The van der Waals surface area contributed by atoms with Gasteiger partial charge in [-0.25, -0.2) is 4.79 Å². The van der Waals surface area contributed by atoms with Gasteiger partial charge in [0.25, 0.3) is 5.69 Å². The van der Waals surface area contributed by atoms with Gasteiger partial charge in [0.2, 0.25) is 0 Å². The Hall–Kier alpha value is -2.15. The minimum atomic E-state index is -0.560. The Morgan fingerprint density at radius 1 is 1.30 bits per heavy atom. The molecule has 112 valence electrons. The minimum absolute atomic E-state index is 0.0404. The molecule has 0 saturated carbocycles. The Morgan fingerprint density at radius 3 is 2.25 bits per heavy atom. The predicted octanol–water partition coefficient (Wildman–Crippen LogP) is 2.45. The van der Waals surface area contributed by atoms with Crippen LogP contribution in [0.4, 0.5) is 10.5 Å². The first kappa shape index (κ1) is 17.8. The van der Waals surface area contributed by atoms with Gasteiger partial charge in [-0.2, -0.15) is 0 Å². The second kappa shape index (κ2) is 10.7. The van der Waals surface area contributed by atoms with E-state index in [1.54, 1.807) is 0 Å². The number of carbonyl (C=O) groups excluding carboxylic acids is 1. The number of nitro groups is 1. The summed E-state index contributed by atoms with van der Waals surface area (Å²) in [6.07, 6.45) is 1.35. The maximum absolute atomic E-state index is 11.1. The SMILES string of the molecule is CCCN.CCCNC(=O)Oc1ccc([N+](=O)[O-])cc1. The molecule has 0 saturated heterocycles. The summed E-state index contributed by atoms with van der Waals surface area (Å²) in [4.78, 5) is 21.0. The van der Waals surface area contributed by atoms with Crippen LogP contribution in [-0.4, -0.2) is 24.1 Å². The number of nitrogens with zero attached hydrogens (tertiary/aromatic N) is 1. The lowest BCUT2D eigenvalue weighted by molar-refractivity contribution is -0.384. The third kappa shape index (κ3) is 8.04. The highest BCUT2D eigenvalue weighted by Gasteiger charge is 2.07. The van der Waals surface area contributed by atoms with Crippen molar-refractivity contribution in [2.75, 3.05) is 13.1 Å². The molecule has 1 amide bonds. The van der Waals surface area contributed by atoms with Crippen LogP contribution in [0.1, 0.15) is 26.7 Å². The van der Waals surface area contributed by atoms with Crippen LogP contribution in [0.15, 0.2) is 24.3 Å². The van der Waals surface area contributed by atoms with Crippen LogP contribution in [-0.2, 0) is 0 Å². The summed E-state index contributed by atoms with van der Waals surface area (Å²) >= 11 is 0. The second-order valence-corrected chi connectivity index (χ2v) is 3.86. The Morgan fingerprint density at radius 2 is 1.85 bits per heavy atom. The Balaban J connectivity index is 0.000000796. The maximum Gasteiger partial charge on any atom is 0.412 e. The summed E-state index contributed by atoms with van der Waals surface area (Å²) in [5.41, 5.74) is 4.99. The molecule has 0 heterocycles. The van der Waals surface area contributed by atoms with Crippen molar-refractivity contribution in [3.8, 4) is 5.75 Å². The number of nitro benzene ring substituents is 1. The highest BCUT2D eigenvalue weighted by Crippen LogP contribution is 2.17. The number of nitrogens with one attached hydrogen (secondary N) is 1. The third-order valence-corrected chi connectivity index (χ3v) is 2.07. The van der Waals surface area contributed by atoms with E-state index in [2.05, 4.69) is 12.2 Å². The largest absolute Gasteiger partial charge is 0.412 e. The molecule has 0 aliphatic rings. The highest BCUT2D eigenvalue weighted by atomic mass is 16.6. The van der Waals surface area contributed by atoms with Gasteiger partial charge in [-0.05, 0) is 31.5 Å². The molecule has 0 fully saturated rings. The number of hydrogen-bond donors (Lipinski definition) is 2. The number of ether oxygens (including phenoxy) is 1. The topological polar surface area (TPSA) is 107 Å². The van der Waals surface area contributed by atoms with Crippen molar-refractivity contribution in [2.45, 2.75) is 26.7 Å². The van der Waals surface area contributed by atoms with Gasteiger partial charge >= 0.3 is 6.09 Å². The molecule has 7 nitrogen and oxygen atoms in total. The van der Waals surface area contributed by atoms with Gasteiger partial charge in [0.1, 0.15) is 5.75 Å². The molecule has 0 aliphatic heterocycles. The zero-order chi connectivity index (χ0) is 15.4. The first-order valence-electron chi connectivity index (χ1n) is 6.45. The van der Waals surface area contributed by atoms with E-state index in [9.17, 15) is 14.9 Å². The number of hydrogen-bond acceptors (Lipinski definition) is 5. The number of carbonyl (C=O) groups is 1. The van der Waals surface area contributed by atoms with E-state index in [4.69, 9.17) is 10.5 Å². The summed E-state index contributed by atoms with van der Waals surface area (Å²) in [7, 11) is 0. The van der Waals surface area contributed by atoms with E-state index in [-0.39, 0.29) is 11.4 Å². The van der Waals surface area contributed by atoms with E-state index in [1.165, 1.54) is 24.3 Å². The van der Waals surface area contributed by atoms with Crippen LogP contribution in [0.3, 0.4) is 0 Å². The molecule has 0 spiro atoms. The lowest BCUT2D eigenvalue weighted by atomic mass is 10.3. The fourth-order valence-corrected chi connectivity index (χ4v) is 1.01. The predicted molar refractivity (Wildman–Crippen MR) is 76.8 cm³/mol. The molecule has 0 bridgehead atoms. The highest BCUT2D eigenvalue weighted by molar-refractivity contribution is 5.70. The van der Waals surface area contributed by atoms with E-state index in [0.717, 1.165) is 19.4 Å². The maximum atomic E-state index is 11.1. The van der Waals surface area contributed by atoms with Crippen LogP contribution in [0.2, 0.25) is 0 Å². The lowest BCUT2D eigenvalue weighted by Crippen LogP contribution is -2.27. The molecule has 3 N–H and O–H groups in total. The van der Waals surface area contributed by atoms with Crippen molar-refractivity contribution in [1.29, 1.82) is 0 Å². The summed E-state index contributed by atoms with van der Waals surface area (Å²) in [5.74, 6) is 0.277. The molecule has 1 rings (SSSR count). The second-order valence-electron chi connectivity index (χ2n) is 3.86. The first-order chi connectivity index (χ1) is 9.54. The van der Waals surface area contributed by atoms with Gasteiger partial charge in [0.05, 0.1) is 4.92 Å². The minimum Gasteiger partial charge on any atom is -0.410 e. The van der Waals surface area contributed by atoms with Gasteiger partial charge in [-0.3, -0.25) is 10.1 Å². The Labute approximate surface area is 118 Å². The van der Waals surface area contributed by atoms with E-state index in [1.807, 2.05) is 6.92 Å². The third-order valence-electron chi connectivity index (χ3n) is 2.07. The molecule has 0 unspecified atom stereocenters. The Bertz CT molecular complexity index is 405. The zero-order valence-electron chi connectivity index (χ0n) is 11.8. The molecule has 0 aliphatic carbocycles. The van der Waals surface area contributed by atoms with Crippen LogP contribution in [0.25, 0.3) is 0 Å². The van der Waals surface area contributed by atoms with E-state index in [0.29, 0.717) is 6.54 Å². The molecule has 1 aromatic carbocycles. The number of amides is 1. The van der Waals surface area contributed by atoms with Gasteiger partial charge in [-0.1, -0.05) is 13.8 Å². The van der Waals surface area contributed by atoms with Gasteiger partial charge in [-0.15, -0.1) is 0 Å². The average Bonchev–Trinajstić information content (AvgIpc) is 2.46. The molecular formula is C13H21N3O4. The number of nitrogens with two attached hydrogens (primary N) is 1. The Kier molecular flexibility index (Phi) is 9.59. The van der Waals surface area contributed by atoms with E-state index >= 15 is 0 Å². The molecule has 1 aromatic rings. The lowest BCUT2D eigenvalue weighted by Gasteiger charge is -2.04. The number of benzene rings is 1. The quantitative estimate of drug-likeness (QED) is 0.637. The molecule has 0 radical (unpaired) electrons. The first-order valence-corrected chi connectivity index (χ1v) is 6.45. The van der Waals surface area contributed by atoms with Crippen LogP contribution in [0.5, 0.6) is 5.75 Å². The fourth-order valence-electron chi connectivity index (χ4n) is 1.01. The van der Waals surface area contributed by atoms with Crippen molar-refractivity contribution >= 4 is 11.8 Å². The van der Waals surface area contributed by atoms with Crippen LogP contribution in [0, 0.1) is 10.1 Å². The summed E-state index contributed by atoms with van der Waals surface area (Å²) in [5, 5.41) is 12.9. The van der Waals surface area contributed by atoms with Gasteiger partial charge in [0, 0.05) is 18.7 Å². The van der Waals surface area contributed by atoms with Crippen molar-refractivity contribution in [3.05, 3.63) is 34.4 Å². The summed E-state index contributed by atoms with van der Waals surface area (Å²) < 4.78 is 4.88. The van der Waals surface area contributed by atoms with Crippen molar-refractivity contribution in [2.24, 2.45) is 5.73 Å².